The minimum Gasteiger partial charge on any atom is -0.309 e. The van der Waals surface area contributed by atoms with E-state index in [2.05, 4.69) is 126 Å². The molecule has 230 valence electrons. The first kappa shape index (κ1) is 27.9. The smallest absolute Gasteiger partial charge is 0.157 e. The zero-order valence-corrected chi connectivity index (χ0v) is 26.7. The van der Waals surface area contributed by atoms with Crippen molar-refractivity contribution in [2.75, 3.05) is 0 Å². The van der Waals surface area contributed by atoms with Gasteiger partial charge in [0.25, 0.3) is 0 Å². The van der Waals surface area contributed by atoms with Gasteiger partial charge in [-0.3, -0.25) is 4.57 Å². The van der Waals surface area contributed by atoms with Gasteiger partial charge < -0.3 is 4.57 Å². The lowest BCUT2D eigenvalue weighted by Gasteiger charge is -2.12. The lowest BCUT2D eigenvalue weighted by Crippen LogP contribution is -2.04. The fourth-order valence-corrected chi connectivity index (χ4v) is 7.79. The third-order valence-electron chi connectivity index (χ3n) is 9.98. The minimum atomic E-state index is 0.268. The molecule has 0 unspecified atom stereocenters. The Kier molecular flexibility index (Phi) is 5.94. The molecule has 10 rings (SSSR count). The molecule has 0 aliphatic carbocycles. The van der Waals surface area contributed by atoms with Crippen LogP contribution in [0.5, 0.6) is 0 Å². The Balaban J connectivity index is 1.24. The Labute approximate surface area is 286 Å². The van der Waals surface area contributed by atoms with Crippen LogP contribution in [0.3, 0.4) is 0 Å². The van der Waals surface area contributed by atoms with Crippen LogP contribution in [0.4, 0.5) is 0 Å². The molecule has 0 aliphatic heterocycles. The molecule has 7 aromatic carbocycles. The molecule has 10 aromatic rings. The van der Waals surface area contributed by atoms with Crippen LogP contribution in [-0.4, -0.2) is 14.1 Å². The highest BCUT2D eigenvalue weighted by atomic mass is 15.1. The number of nitrogens with zero attached hydrogens (tertiary/aromatic N) is 5. The van der Waals surface area contributed by atoms with Gasteiger partial charge >= 0.3 is 0 Å². The van der Waals surface area contributed by atoms with Crippen molar-refractivity contribution in [1.29, 1.82) is 10.5 Å². The molecule has 0 fully saturated rings. The molecule has 0 spiro atoms. The van der Waals surface area contributed by atoms with Crippen molar-refractivity contribution in [2.45, 2.75) is 0 Å². The van der Waals surface area contributed by atoms with E-state index in [0.29, 0.717) is 22.3 Å². The maximum Gasteiger partial charge on any atom is 0.157 e. The van der Waals surface area contributed by atoms with E-state index in [1.807, 2.05) is 47.0 Å². The Morgan fingerprint density at radius 2 is 1.10 bits per heavy atom. The number of fused-ring (bicyclic) bond motifs is 9. The summed E-state index contributed by atoms with van der Waals surface area (Å²) in [7, 11) is 0. The fraction of sp³-hybridized carbons (Fsp3) is 0. The summed E-state index contributed by atoms with van der Waals surface area (Å²) in [5.41, 5.74) is 8.75. The number of benzene rings is 7. The van der Waals surface area contributed by atoms with E-state index < -0.39 is 0 Å². The predicted octanol–water partition coefficient (Wildman–Crippen LogP) is 11.0. The van der Waals surface area contributed by atoms with Crippen LogP contribution in [0.2, 0.25) is 0 Å². The molecule has 0 bridgehead atoms. The van der Waals surface area contributed by atoms with Gasteiger partial charge in [-0.1, -0.05) is 103 Å². The van der Waals surface area contributed by atoms with Crippen LogP contribution in [0.15, 0.2) is 152 Å². The fourth-order valence-electron chi connectivity index (χ4n) is 7.79. The first-order chi connectivity index (χ1) is 24.7. The third-order valence-corrected chi connectivity index (χ3v) is 9.98. The van der Waals surface area contributed by atoms with Crippen LogP contribution in [0, 0.1) is 22.7 Å². The Morgan fingerprint density at radius 3 is 1.94 bits per heavy atom. The normalized spacial score (nSPS) is 11.6. The average molecular weight is 636 g/mol. The summed E-state index contributed by atoms with van der Waals surface area (Å²) in [4.78, 5) is 4.98. The first-order valence-corrected chi connectivity index (χ1v) is 16.5. The highest BCUT2D eigenvalue weighted by Crippen LogP contribution is 2.40. The van der Waals surface area contributed by atoms with Crippen LogP contribution in [0.25, 0.3) is 87.9 Å². The van der Waals surface area contributed by atoms with Crippen molar-refractivity contribution in [1.82, 2.24) is 14.1 Å². The van der Waals surface area contributed by atoms with E-state index in [0.717, 1.165) is 44.1 Å². The second kappa shape index (κ2) is 10.7. The van der Waals surface area contributed by atoms with Gasteiger partial charge in [-0.15, -0.1) is 0 Å². The number of hydrogen-bond acceptors (Lipinski definition) is 3. The van der Waals surface area contributed by atoms with Crippen LogP contribution in [0.1, 0.15) is 11.1 Å². The Morgan fingerprint density at radius 1 is 0.440 bits per heavy atom. The van der Waals surface area contributed by atoms with Crippen molar-refractivity contribution in [3.63, 3.8) is 0 Å². The third kappa shape index (κ3) is 3.89. The van der Waals surface area contributed by atoms with Gasteiger partial charge in [0, 0.05) is 32.6 Å². The predicted molar refractivity (Wildman–Crippen MR) is 203 cm³/mol. The van der Waals surface area contributed by atoms with Gasteiger partial charge in [0.1, 0.15) is 17.7 Å². The van der Waals surface area contributed by atoms with Crippen molar-refractivity contribution in [3.05, 3.63) is 163 Å². The molecule has 0 N–H and O–H groups in total. The average Bonchev–Trinajstić information content (AvgIpc) is 3.69. The number of para-hydroxylation sites is 3. The molecule has 0 amide bonds. The van der Waals surface area contributed by atoms with Crippen LogP contribution in [-0.2, 0) is 0 Å². The summed E-state index contributed by atoms with van der Waals surface area (Å²) < 4.78 is 4.40. The monoisotopic (exact) mass is 635 g/mol. The van der Waals surface area contributed by atoms with Crippen molar-refractivity contribution < 1.29 is 0 Å². The number of aromatic nitrogens is 3. The Bertz CT molecular complexity index is 3110. The van der Waals surface area contributed by atoms with Gasteiger partial charge in [0.2, 0.25) is 0 Å². The lowest BCUT2D eigenvalue weighted by molar-refractivity contribution is 1.09. The number of rotatable bonds is 3. The van der Waals surface area contributed by atoms with Crippen molar-refractivity contribution in [3.8, 4) is 34.8 Å². The van der Waals surface area contributed by atoms with Gasteiger partial charge in [0.05, 0.1) is 33.1 Å². The standard InChI is InChI=1S/C45H25N5/c46-26-37-33-14-6-8-16-39(33)48-45(38(37)27-47)50-40-17-9-7-15-34(40)36-24-29(20-22-41(36)50)30-18-21-35-43(25-30)49(31-11-2-1-3-12-31)42-23-19-28-10-4-5-13-32(28)44(35)42/h1-25H. The zero-order valence-electron chi connectivity index (χ0n) is 26.7. The number of nitriles is 2. The van der Waals surface area contributed by atoms with E-state index in [1.165, 1.54) is 27.1 Å². The quantitative estimate of drug-likeness (QED) is 0.194. The van der Waals surface area contributed by atoms with Gasteiger partial charge in [-0.2, -0.15) is 10.5 Å². The molecule has 5 nitrogen and oxygen atoms in total. The topological polar surface area (TPSA) is 70.3 Å². The molecule has 3 heterocycles. The summed E-state index contributed by atoms with van der Waals surface area (Å²) in [5, 5.41) is 28.3. The summed E-state index contributed by atoms with van der Waals surface area (Å²) >= 11 is 0. The minimum absolute atomic E-state index is 0.268. The highest BCUT2D eigenvalue weighted by Gasteiger charge is 2.22. The van der Waals surface area contributed by atoms with Gasteiger partial charge in [0.15, 0.2) is 5.82 Å². The van der Waals surface area contributed by atoms with Gasteiger partial charge in [-0.25, -0.2) is 4.98 Å². The molecule has 3 aromatic heterocycles. The summed E-state index contributed by atoms with van der Waals surface area (Å²) in [6.45, 7) is 0. The highest BCUT2D eigenvalue weighted by molar-refractivity contribution is 6.22. The van der Waals surface area contributed by atoms with E-state index in [9.17, 15) is 10.5 Å². The van der Waals surface area contributed by atoms with Gasteiger partial charge in [-0.05, 0) is 70.4 Å². The summed E-state index contributed by atoms with van der Waals surface area (Å²) in [6.07, 6.45) is 0. The van der Waals surface area contributed by atoms with E-state index in [1.54, 1.807) is 0 Å². The molecule has 0 radical (unpaired) electrons. The second-order valence-electron chi connectivity index (χ2n) is 12.6. The Hall–Kier alpha value is -7.21. The number of pyridine rings is 1. The lowest BCUT2D eigenvalue weighted by atomic mass is 9.99. The molecule has 0 atom stereocenters. The maximum atomic E-state index is 10.4. The van der Waals surface area contributed by atoms with Crippen molar-refractivity contribution in [2.24, 2.45) is 0 Å². The molecule has 0 aliphatic rings. The van der Waals surface area contributed by atoms with Crippen molar-refractivity contribution >= 4 is 65.3 Å². The summed E-state index contributed by atoms with van der Waals surface area (Å²) in [5.74, 6) is 0.461. The van der Waals surface area contributed by atoms with Crippen LogP contribution < -0.4 is 0 Å². The second-order valence-corrected chi connectivity index (χ2v) is 12.6. The molecule has 50 heavy (non-hydrogen) atoms. The molecule has 0 saturated carbocycles. The zero-order chi connectivity index (χ0) is 33.3. The van der Waals surface area contributed by atoms with E-state index >= 15 is 0 Å². The first-order valence-electron chi connectivity index (χ1n) is 16.5. The molecular formula is C45H25N5. The molecular weight excluding hydrogens is 611 g/mol. The molecule has 0 saturated heterocycles. The largest absolute Gasteiger partial charge is 0.309 e. The van der Waals surface area contributed by atoms with E-state index in [-0.39, 0.29) is 5.56 Å². The number of hydrogen-bond donors (Lipinski definition) is 0. The maximum absolute atomic E-state index is 10.4. The van der Waals surface area contributed by atoms with E-state index in [4.69, 9.17) is 4.98 Å². The SMILES string of the molecule is N#Cc1c(-n2c3ccccc3c3cc(-c4ccc5c6c7ccccc7ccc6n(-c6ccccc6)c5c4)ccc32)nc2ccccc2c1C#N. The van der Waals surface area contributed by atoms with Crippen LogP contribution >= 0.6 is 0 Å². The summed E-state index contributed by atoms with van der Waals surface area (Å²) in [6, 6.07) is 57.2. The molecule has 5 heteroatoms.